The van der Waals surface area contributed by atoms with Crippen molar-refractivity contribution >= 4 is 29.7 Å². The van der Waals surface area contributed by atoms with Crippen LogP contribution in [-0.4, -0.2) is 39.8 Å². The van der Waals surface area contributed by atoms with Gasteiger partial charge in [-0.25, -0.2) is 27.1 Å². The molecule has 7 nitrogen and oxygen atoms in total. The third-order valence-corrected chi connectivity index (χ3v) is 6.97. The minimum absolute atomic E-state index is 0.0951. The summed E-state index contributed by atoms with van der Waals surface area (Å²) in [6, 6.07) is 6.24. The molecule has 0 aliphatic carbocycles. The Morgan fingerprint density at radius 3 is 2.46 bits per heavy atom. The molecule has 1 heterocycles. The average molecular weight is 399 g/mol. The summed E-state index contributed by atoms with van der Waals surface area (Å²) in [5.74, 6) is -1.10. The van der Waals surface area contributed by atoms with Gasteiger partial charge in [0.05, 0.1) is 5.69 Å². The molecule has 0 bridgehead atoms. The lowest BCUT2D eigenvalue weighted by Crippen LogP contribution is -2.36. The van der Waals surface area contributed by atoms with Crippen LogP contribution in [0.2, 0.25) is 25.7 Å². The van der Waals surface area contributed by atoms with Gasteiger partial charge in [0, 0.05) is 27.1 Å². The second kappa shape index (κ2) is 8.10. The predicted molar refractivity (Wildman–Crippen MR) is 101 cm³/mol. The van der Waals surface area contributed by atoms with Crippen LogP contribution in [0.3, 0.4) is 0 Å². The Hall–Kier alpha value is -2.04. The molecule has 2 N–H and O–H groups in total. The first-order valence-electron chi connectivity index (χ1n) is 8.04. The first-order chi connectivity index (χ1) is 12.1. The van der Waals surface area contributed by atoms with Gasteiger partial charge in [0.1, 0.15) is 11.6 Å². The van der Waals surface area contributed by atoms with Crippen LogP contribution in [0.15, 0.2) is 41.6 Å². The van der Waals surface area contributed by atoms with E-state index in [1.54, 1.807) is 6.07 Å². The zero-order valence-corrected chi connectivity index (χ0v) is 16.8. The van der Waals surface area contributed by atoms with E-state index in [9.17, 15) is 12.8 Å². The summed E-state index contributed by atoms with van der Waals surface area (Å²) < 4.78 is 46.7. The number of hydrogen-bond donors (Lipinski definition) is 1. The molecule has 2 aromatic rings. The highest BCUT2D eigenvalue weighted by molar-refractivity contribution is 7.92. The maximum absolute atomic E-state index is 14.3. The maximum Gasteiger partial charge on any atom is 0.271 e. The minimum Gasteiger partial charge on any atom is -0.396 e. The van der Waals surface area contributed by atoms with Crippen LogP contribution in [0.5, 0.6) is 0 Å². The van der Waals surface area contributed by atoms with Crippen LogP contribution in [-0.2, 0) is 14.8 Å². The average Bonchev–Trinajstić information content (AvgIpc) is 2.56. The Bertz CT molecular complexity index is 844. The van der Waals surface area contributed by atoms with E-state index in [2.05, 4.69) is 29.6 Å². The van der Waals surface area contributed by atoms with E-state index >= 15 is 0 Å². The summed E-state index contributed by atoms with van der Waals surface area (Å²) in [6.07, 6.45) is 2.81. The van der Waals surface area contributed by atoms with Crippen LogP contribution in [0.25, 0.3) is 0 Å². The number of sulfonamides is 1. The standard InChI is InChI=1S/C16H23FN4O3SSi/c1-26(2,3)11-10-24-12-21(16-19-8-5-9-20-16)25(22,23)14-7-4-6-13(18)15(14)17/h4-9H,10-12,18H2,1-3H3. The van der Waals surface area contributed by atoms with E-state index in [0.29, 0.717) is 6.61 Å². The normalized spacial score (nSPS) is 12.2. The molecule has 0 unspecified atom stereocenters. The maximum atomic E-state index is 14.3. The van der Waals surface area contributed by atoms with Crippen molar-refractivity contribution in [3.63, 3.8) is 0 Å². The first-order valence-corrected chi connectivity index (χ1v) is 13.2. The number of nitrogens with two attached hydrogens (primary N) is 1. The van der Waals surface area contributed by atoms with Crippen molar-refractivity contribution in [1.29, 1.82) is 0 Å². The number of benzene rings is 1. The molecule has 0 aliphatic rings. The van der Waals surface area contributed by atoms with E-state index in [4.69, 9.17) is 10.5 Å². The second-order valence-electron chi connectivity index (χ2n) is 6.91. The van der Waals surface area contributed by atoms with Gasteiger partial charge in [0.15, 0.2) is 5.82 Å². The number of hydrogen-bond acceptors (Lipinski definition) is 6. The fourth-order valence-electron chi connectivity index (χ4n) is 2.03. The smallest absolute Gasteiger partial charge is 0.271 e. The molecular weight excluding hydrogens is 375 g/mol. The fraction of sp³-hybridized carbons (Fsp3) is 0.375. The molecule has 1 aromatic heterocycles. The molecule has 0 aliphatic heterocycles. The molecule has 0 amide bonds. The van der Waals surface area contributed by atoms with E-state index in [-0.39, 0.29) is 18.4 Å². The van der Waals surface area contributed by atoms with Gasteiger partial charge in [0.25, 0.3) is 10.0 Å². The molecule has 0 spiro atoms. The van der Waals surface area contributed by atoms with Crippen molar-refractivity contribution in [3.05, 3.63) is 42.5 Å². The quantitative estimate of drug-likeness (QED) is 0.318. The molecule has 0 atom stereocenters. The number of anilines is 2. The summed E-state index contributed by atoms with van der Waals surface area (Å²) in [5.41, 5.74) is 5.26. The molecule has 0 saturated carbocycles. The third-order valence-electron chi connectivity index (χ3n) is 3.54. The Kier molecular flexibility index (Phi) is 6.32. The minimum atomic E-state index is -4.28. The molecule has 142 valence electrons. The molecule has 2 rings (SSSR count). The largest absolute Gasteiger partial charge is 0.396 e. The van der Waals surface area contributed by atoms with Crippen LogP contribution in [0.1, 0.15) is 0 Å². The zero-order chi connectivity index (χ0) is 19.4. The topological polar surface area (TPSA) is 98.4 Å². The highest BCUT2D eigenvalue weighted by Crippen LogP contribution is 2.25. The van der Waals surface area contributed by atoms with Crippen molar-refractivity contribution in [2.45, 2.75) is 30.6 Å². The number of nitrogen functional groups attached to an aromatic ring is 1. The molecule has 26 heavy (non-hydrogen) atoms. The van der Waals surface area contributed by atoms with E-state index in [1.165, 1.54) is 24.5 Å². The third kappa shape index (κ3) is 4.99. The molecule has 10 heteroatoms. The summed E-state index contributed by atoms with van der Waals surface area (Å²) in [4.78, 5) is 7.38. The molecular formula is C16H23FN4O3SSi. The van der Waals surface area contributed by atoms with Gasteiger partial charge in [-0.05, 0) is 24.2 Å². The number of halogens is 1. The Labute approximate surface area is 154 Å². The number of ether oxygens (including phenoxy) is 1. The number of aromatic nitrogens is 2. The lowest BCUT2D eigenvalue weighted by atomic mass is 10.3. The monoisotopic (exact) mass is 398 g/mol. The van der Waals surface area contributed by atoms with Crippen LogP contribution in [0.4, 0.5) is 16.0 Å². The number of rotatable bonds is 8. The van der Waals surface area contributed by atoms with E-state index in [1.807, 2.05) is 0 Å². The van der Waals surface area contributed by atoms with Crippen LogP contribution in [0, 0.1) is 5.82 Å². The summed E-state index contributed by atoms with van der Waals surface area (Å²) in [6.45, 7) is 6.65. The van der Waals surface area contributed by atoms with Crippen molar-refractivity contribution < 1.29 is 17.5 Å². The van der Waals surface area contributed by atoms with Crippen LogP contribution < -0.4 is 10.0 Å². The summed E-state index contributed by atoms with van der Waals surface area (Å²) in [5, 5.41) is 0. The lowest BCUT2D eigenvalue weighted by Gasteiger charge is -2.23. The molecule has 1 aromatic carbocycles. The Morgan fingerprint density at radius 2 is 1.85 bits per heavy atom. The highest BCUT2D eigenvalue weighted by atomic mass is 32.2. The van der Waals surface area contributed by atoms with E-state index < -0.39 is 28.8 Å². The van der Waals surface area contributed by atoms with Gasteiger partial charge >= 0.3 is 0 Å². The van der Waals surface area contributed by atoms with Crippen molar-refractivity contribution in [2.75, 3.05) is 23.4 Å². The van der Waals surface area contributed by atoms with Gasteiger partial charge in [0.2, 0.25) is 5.95 Å². The van der Waals surface area contributed by atoms with Crippen molar-refractivity contribution in [2.24, 2.45) is 0 Å². The predicted octanol–water partition coefficient (Wildman–Crippen LogP) is 2.71. The highest BCUT2D eigenvalue weighted by Gasteiger charge is 2.30. The van der Waals surface area contributed by atoms with Crippen molar-refractivity contribution in [1.82, 2.24) is 9.97 Å². The second-order valence-corrected chi connectivity index (χ2v) is 14.4. The number of nitrogens with zero attached hydrogens (tertiary/aromatic N) is 3. The van der Waals surface area contributed by atoms with Gasteiger partial charge in [-0.3, -0.25) is 0 Å². The van der Waals surface area contributed by atoms with Gasteiger partial charge in [-0.1, -0.05) is 25.7 Å². The SMILES string of the molecule is C[Si](C)(C)CCOCN(c1ncccn1)S(=O)(=O)c1cccc(N)c1F. The Morgan fingerprint density at radius 1 is 1.19 bits per heavy atom. The van der Waals surface area contributed by atoms with Gasteiger partial charge < -0.3 is 10.5 Å². The lowest BCUT2D eigenvalue weighted by molar-refractivity contribution is 0.155. The Balaban J connectivity index is 2.33. The molecule has 0 radical (unpaired) electrons. The van der Waals surface area contributed by atoms with Crippen molar-refractivity contribution in [3.8, 4) is 0 Å². The molecule has 0 fully saturated rings. The zero-order valence-electron chi connectivity index (χ0n) is 15.0. The summed E-state index contributed by atoms with van der Waals surface area (Å²) in [7, 11) is -5.62. The fourth-order valence-corrected chi connectivity index (χ4v) is 4.14. The molecule has 0 saturated heterocycles. The first kappa shape index (κ1) is 20.3. The van der Waals surface area contributed by atoms with Gasteiger partial charge in [-0.2, -0.15) is 0 Å². The summed E-state index contributed by atoms with van der Waals surface area (Å²) >= 11 is 0. The van der Waals surface area contributed by atoms with Crippen LogP contribution >= 0.6 is 0 Å². The van der Waals surface area contributed by atoms with Gasteiger partial charge in [-0.15, -0.1) is 0 Å². The van der Waals surface area contributed by atoms with E-state index in [0.717, 1.165) is 16.4 Å².